The van der Waals surface area contributed by atoms with Gasteiger partial charge in [-0.15, -0.1) is 0 Å². The van der Waals surface area contributed by atoms with E-state index in [9.17, 15) is 18.0 Å². The van der Waals surface area contributed by atoms with Crippen molar-refractivity contribution in [3.8, 4) is 11.1 Å². The van der Waals surface area contributed by atoms with E-state index in [4.69, 9.17) is 0 Å². The van der Waals surface area contributed by atoms with Gasteiger partial charge in [0.25, 0.3) is 10.0 Å². The van der Waals surface area contributed by atoms with Gasteiger partial charge in [-0.1, -0.05) is 48.5 Å². The maximum atomic E-state index is 12.4. The molecule has 0 amide bonds. The molecule has 5 nitrogen and oxygen atoms in total. The monoisotopic (exact) mass is 341 g/mol. The first-order chi connectivity index (χ1) is 11.5. The maximum absolute atomic E-state index is 12.4. The number of carbonyl (C=O) groups is 2. The number of rotatable bonds is 4. The summed E-state index contributed by atoms with van der Waals surface area (Å²) < 4.78 is 27.2. The predicted octanol–water partition coefficient (Wildman–Crippen LogP) is 2.45. The third-order valence-electron chi connectivity index (χ3n) is 3.73. The van der Waals surface area contributed by atoms with Crippen molar-refractivity contribution in [1.82, 2.24) is 4.72 Å². The Kier molecular flexibility index (Phi) is 4.31. The van der Waals surface area contributed by atoms with E-state index in [0.29, 0.717) is 0 Å². The Balaban J connectivity index is 1.80. The first kappa shape index (κ1) is 16.1. The van der Waals surface area contributed by atoms with Crippen LogP contribution in [0.4, 0.5) is 0 Å². The number of Topliss-reactive ketones (excluding diaryl/α,β-unsaturated/α-hetero) is 2. The Labute approximate surface area is 140 Å². The molecule has 0 atom stereocenters. The van der Waals surface area contributed by atoms with Crippen LogP contribution in [0.15, 0.2) is 71.3 Å². The van der Waals surface area contributed by atoms with Gasteiger partial charge in [0.2, 0.25) is 11.6 Å². The van der Waals surface area contributed by atoms with Crippen molar-refractivity contribution in [3.63, 3.8) is 0 Å². The van der Waals surface area contributed by atoms with Crippen LogP contribution >= 0.6 is 0 Å². The van der Waals surface area contributed by atoms with E-state index < -0.39 is 21.6 Å². The molecule has 0 spiro atoms. The Morgan fingerprint density at radius 3 is 2.04 bits per heavy atom. The third-order valence-corrected chi connectivity index (χ3v) is 5.16. The quantitative estimate of drug-likeness (QED) is 0.866. The fourth-order valence-corrected chi connectivity index (χ4v) is 3.55. The van der Waals surface area contributed by atoms with Crippen LogP contribution in [-0.2, 0) is 19.6 Å². The highest BCUT2D eigenvalue weighted by Crippen LogP contribution is 2.22. The molecule has 0 radical (unpaired) electrons. The maximum Gasteiger partial charge on any atom is 0.261 e. The van der Waals surface area contributed by atoms with Gasteiger partial charge in [-0.25, -0.2) is 8.42 Å². The standard InChI is InChI=1S/C18H15NO4S/c20-17-11-8-15(12-18(17)21)19-24(22,23)16-9-6-14(7-10-16)13-4-2-1-3-5-13/h1-10,19H,11-12H2. The first-order valence-corrected chi connectivity index (χ1v) is 8.87. The number of carbonyl (C=O) groups excluding carboxylic acids is 2. The van der Waals surface area contributed by atoms with E-state index in [2.05, 4.69) is 4.72 Å². The molecular weight excluding hydrogens is 326 g/mol. The zero-order chi connectivity index (χ0) is 17.2. The lowest BCUT2D eigenvalue weighted by molar-refractivity contribution is -0.136. The molecule has 0 aliphatic heterocycles. The molecular formula is C18H15NO4S. The molecule has 0 heterocycles. The van der Waals surface area contributed by atoms with E-state index in [1.165, 1.54) is 18.2 Å². The Morgan fingerprint density at radius 1 is 0.792 bits per heavy atom. The third kappa shape index (κ3) is 3.44. The predicted molar refractivity (Wildman–Crippen MR) is 89.5 cm³/mol. The van der Waals surface area contributed by atoms with Crippen molar-refractivity contribution in [2.75, 3.05) is 0 Å². The molecule has 1 aliphatic rings. The topological polar surface area (TPSA) is 80.3 Å². The largest absolute Gasteiger partial charge is 0.291 e. The van der Waals surface area contributed by atoms with Gasteiger partial charge in [-0.2, -0.15) is 0 Å². The summed E-state index contributed by atoms with van der Waals surface area (Å²) in [7, 11) is -3.78. The van der Waals surface area contributed by atoms with Crippen molar-refractivity contribution in [1.29, 1.82) is 0 Å². The molecule has 0 bridgehead atoms. The molecule has 0 aromatic heterocycles. The SMILES string of the molecule is O=C1CC=C(NS(=O)(=O)c2ccc(-c3ccccc3)cc2)CC1=O. The van der Waals surface area contributed by atoms with Crippen LogP contribution in [0.1, 0.15) is 12.8 Å². The second-order valence-corrected chi connectivity index (χ2v) is 7.13. The van der Waals surface area contributed by atoms with Crippen molar-refractivity contribution < 1.29 is 18.0 Å². The van der Waals surface area contributed by atoms with Gasteiger partial charge in [-0.3, -0.25) is 14.3 Å². The molecule has 3 rings (SSSR count). The highest BCUT2D eigenvalue weighted by Gasteiger charge is 2.23. The highest BCUT2D eigenvalue weighted by molar-refractivity contribution is 7.89. The second kappa shape index (κ2) is 6.41. The molecule has 0 fully saturated rings. The van der Waals surface area contributed by atoms with E-state index in [1.807, 2.05) is 30.3 Å². The number of nitrogens with one attached hydrogen (secondary N) is 1. The molecule has 0 saturated carbocycles. The molecule has 2 aromatic carbocycles. The highest BCUT2D eigenvalue weighted by atomic mass is 32.2. The summed E-state index contributed by atoms with van der Waals surface area (Å²) in [6.45, 7) is 0. The Hall–Kier alpha value is -2.73. The summed E-state index contributed by atoms with van der Waals surface area (Å²) >= 11 is 0. The Morgan fingerprint density at radius 2 is 1.42 bits per heavy atom. The van der Waals surface area contributed by atoms with Gasteiger partial charge in [0.05, 0.1) is 11.3 Å². The van der Waals surface area contributed by atoms with Gasteiger partial charge in [0, 0.05) is 12.1 Å². The van der Waals surface area contributed by atoms with Crippen LogP contribution in [-0.4, -0.2) is 20.0 Å². The molecule has 1 N–H and O–H groups in total. The molecule has 122 valence electrons. The van der Waals surface area contributed by atoms with E-state index in [0.717, 1.165) is 11.1 Å². The summed E-state index contributed by atoms with van der Waals surface area (Å²) in [6, 6.07) is 16.1. The zero-order valence-corrected chi connectivity index (χ0v) is 13.5. The van der Waals surface area contributed by atoms with Crippen LogP contribution in [0.3, 0.4) is 0 Å². The number of sulfonamides is 1. The van der Waals surface area contributed by atoms with Crippen LogP contribution in [0.25, 0.3) is 11.1 Å². The van der Waals surface area contributed by atoms with E-state index in [-0.39, 0.29) is 23.4 Å². The minimum absolute atomic E-state index is 0.0658. The molecule has 6 heteroatoms. The van der Waals surface area contributed by atoms with Crippen LogP contribution in [0.5, 0.6) is 0 Å². The van der Waals surface area contributed by atoms with Gasteiger partial charge in [-0.05, 0) is 23.3 Å². The number of hydrogen-bond donors (Lipinski definition) is 1. The minimum atomic E-state index is -3.78. The lowest BCUT2D eigenvalue weighted by Crippen LogP contribution is -2.29. The average Bonchev–Trinajstić information content (AvgIpc) is 2.59. The smallest absolute Gasteiger partial charge is 0.261 e. The van der Waals surface area contributed by atoms with Gasteiger partial charge in [0.15, 0.2) is 0 Å². The van der Waals surface area contributed by atoms with Gasteiger partial charge in [0.1, 0.15) is 0 Å². The second-order valence-electron chi connectivity index (χ2n) is 5.45. The van der Waals surface area contributed by atoms with Crippen LogP contribution in [0, 0.1) is 0 Å². The normalized spacial score (nSPS) is 15.1. The molecule has 2 aromatic rings. The van der Waals surface area contributed by atoms with Crippen LogP contribution in [0.2, 0.25) is 0 Å². The van der Waals surface area contributed by atoms with Crippen molar-refractivity contribution >= 4 is 21.6 Å². The summed E-state index contributed by atoms with van der Waals surface area (Å²) in [5.41, 5.74) is 2.15. The van der Waals surface area contributed by atoms with E-state index >= 15 is 0 Å². The van der Waals surface area contributed by atoms with Crippen molar-refractivity contribution in [2.24, 2.45) is 0 Å². The molecule has 0 saturated heterocycles. The number of benzene rings is 2. The zero-order valence-electron chi connectivity index (χ0n) is 12.7. The number of hydrogen-bond acceptors (Lipinski definition) is 4. The molecule has 1 aliphatic carbocycles. The Bertz CT molecular complexity index is 913. The summed E-state index contributed by atoms with van der Waals surface area (Å²) in [5, 5.41) is 0. The summed E-state index contributed by atoms with van der Waals surface area (Å²) in [6.07, 6.45) is 1.17. The number of allylic oxidation sites excluding steroid dienone is 2. The van der Waals surface area contributed by atoms with Crippen molar-refractivity contribution in [3.05, 3.63) is 66.4 Å². The summed E-state index contributed by atoms with van der Waals surface area (Å²) in [5.74, 6) is -1.07. The lowest BCUT2D eigenvalue weighted by atomic mass is 10.0. The first-order valence-electron chi connectivity index (χ1n) is 7.39. The lowest BCUT2D eigenvalue weighted by Gasteiger charge is -2.14. The van der Waals surface area contributed by atoms with Gasteiger partial charge < -0.3 is 0 Å². The summed E-state index contributed by atoms with van der Waals surface area (Å²) in [4.78, 5) is 22.7. The molecule has 24 heavy (non-hydrogen) atoms. The fraction of sp³-hybridized carbons (Fsp3) is 0.111. The van der Waals surface area contributed by atoms with Crippen LogP contribution < -0.4 is 4.72 Å². The molecule has 0 unspecified atom stereocenters. The number of ketones is 2. The van der Waals surface area contributed by atoms with Gasteiger partial charge >= 0.3 is 0 Å². The average molecular weight is 341 g/mol. The van der Waals surface area contributed by atoms with Crippen molar-refractivity contribution in [2.45, 2.75) is 17.7 Å². The fourth-order valence-electron chi connectivity index (χ4n) is 2.44. The minimum Gasteiger partial charge on any atom is -0.291 e. The van der Waals surface area contributed by atoms with E-state index in [1.54, 1.807) is 12.1 Å².